The van der Waals surface area contributed by atoms with Crippen molar-refractivity contribution in [1.29, 1.82) is 0 Å². The summed E-state index contributed by atoms with van der Waals surface area (Å²) in [5.74, 6) is 0. The van der Waals surface area contributed by atoms with E-state index in [0.29, 0.717) is 16.6 Å². The molecule has 0 saturated heterocycles. The van der Waals surface area contributed by atoms with Gasteiger partial charge in [-0.05, 0) is 37.1 Å². The Morgan fingerprint density at radius 1 is 1.26 bits per heavy atom. The highest BCUT2D eigenvalue weighted by molar-refractivity contribution is 6.35. The number of aryl methyl sites for hydroxylation is 2. The number of nitrogens with zero attached hydrogens (tertiary/aromatic N) is 2. The van der Waals surface area contributed by atoms with E-state index in [0.717, 1.165) is 29.9 Å². The van der Waals surface area contributed by atoms with Gasteiger partial charge >= 0.3 is 0 Å². The average molecular weight is 298 g/mol. The number of aromatic nitrogens is 2. The molecule has 0 spiro atoms. The lowest BCUT2D eigenvalue weighted by atomic mass is 10.2. The van der Waals surface area contributed by atoms with Crippen molar-refractivity contribution in [3.63, 3.8) is 0 Å². The molecule has 0 saturated carbocycles. The van der Waals surface area contributed by atoms with Gasteiger partial charge in [0.2, 0.25) is 0 Å². The van der Waals surface area contributed by atoms with E-state index < -0.39 is 0 Å². The van der Waals surface area contributed by atoms with E-state index in [2.05, 4.69) is 17.3 Å². The van der Waals surface area contributed by atoms with Crippen molar-refractivity contribution < 1.29 is 0 Å². The van der Waals surface area contributed by atoms with Gasteiger partial charge in [0.05, 0.1) is 22.9 Å². The lowest BCUT2D eigenvalue weighted by Crippen LogP contribution is -2.09. The van der Waals surface area contributed by atoms with Crippen LogP contribution >= 0.6 is 23.2 Å². The number of halogens is 2. The standard InChI is InChI=1S/C14H17Cl2N3/c1-3-6-19-11(4-5-18-19)9-17-14-8-12(15)10(2)7-13(14)16/h4-5,7-8,17H,3,6,9H2,1-2H3. The maximum atomic E-state index is 6.20. The Bertz CT molecular complexity index is 564. The van der Waals surface area contributed by atoms with Crippen LogP contribution in [0.1, 0.15) is 24.6 Å². The summed E-state index contributed by atoms with van der Waals surface area (Å²) in [6.07, 6.45) is 2.88. The second kappa shape index (κ2) is 6.31. The van der Waals surface area contributed by atoms with Gasteiger partial charge in [-0.15, -0.1) is 0 Å². The van der Waals surface area contributed by atoms with Gasteiger partial charge < -0.3 is 5.32 Å². The highest BCUT2D eigenvalue weighted by Gasteiger charge is 2.06. The average Bonchev–Trinajstić information content (AvgIpc) is 2.80. The van der Waals surface area contributed by atoms with Crippen molar-refractivity contribution >= 4 is 28.9 Å². The molecule has 5 heteroatoms. The Balaban J connectivity index is 2.10. The summed E-state index contributed by atoms with van der Waals surface area (Å²) in [5.41, 5.74) is 2.96. The van der Waals surface area contributed by atoms with E-state index >= 15 is 0 Å². The second-order valence-electron chi connectivity index (χ2n) is 4.48. The molecular weight excluding hydrogens is 281 g/mol. The molecule has 0 fully saturated rings. The molecule has 0 aliphatic heterocycles. The molecule has 0 aliphatic rings. The van der Waals surface area contributed by atoms with E-state index in [1.807, 2.05) is 36.0 Å². The summed E-state index contributed by atoms with van der Waals surface area (Å²) in [4.78, 5) is 0. The van der Waals surface area contributed by atoms with Crippen molar-refractivity contribution in [2.75, 3.05) is 5.32 Å². The number of hydrogen-bond donors (Lipinski definition) is 1. The first-order valence-corrected chi connectivity index (χ1v) is 7.07. The summed E-state index contributed by atoms with van der Waals surface area (Å²) in [6.45, 7) is 5.68. The smallest absolute Gasteiger partial charge is 0.0641 e. The van der Waals surface area contributed by atoms with Crippen LogP contribution in [-0.2, 0) is 13.1 Å². The molecule has 1 aromatic heterocycles. The fourth-order valence-electron chi connectivity index (χ4n) is 1.89. The van der Waals surface area contributed by atoms with Crippen LogP contribution in [-0.4, -0.2) is 9.78 Å². The minimum absolute atomic E-state index is 0.680. The summed E-state index contributed by atoms with van der Waals surface area (Å²) < 4.78 is 2.00. The number of hydrogen-bond acceptors (Lipinski definition) is 2. The van der Waals surface area contributed by atoms with Gasteiger partial charge in [-0.1, -0.05) is 30.1 Å². The fourth-order valence-corrected chi connectivity index (χ4v) is 2.34. The first-order valence-electron chi connectivity index (χ1n) is 6.32. The Morgan fingerprint density at radius 3 is 2.79 bits per heavy atom. The molecule has 102 valence electrons. The molecule has 19 heavy (non-hydrogen) atoms. The van der Waals surface area contributed by atoms with Crippen LogP contribution in [0.5, 0.6) is 0 Å². The maximum absolute atomic E-state index is 6.20. The van der Waals surface area contributed by atoms with Gasteiger partial charge in [-0.2, -0.15) is 5.10 Å². The summed E-state index contributed by atoms with van der Waals surface area (Å²) in [6, 6.07) is 5.74. The van der Waals surface area contributed by atoms with Gasteiger partial charge in [0, 0.05) is 17.8 Å². The van der Waals surface area contributed by atoms with Crippen molar-refractivity contribution in [2.24, 2.45) is 0 Å². The van der Waals surface area contributed by atoms with Crippen molar-refractivity contribution in [3.8, 4) is 0 Å². The first-order chi connectivity index (χ1) is 9.11. The van der Waals surface area contributed by atoms with E-state index in [-0.39, 0.29) is 0 Å². The second-order valence-corrected chi connectivity index (χ2v) is 5.29. The first kappa shape index (κ1) is 14.2. The molecule has 0 bridgehead atoms. The van der Waals surface area contributed by atoms with Crippen LogP contribution in [0.3, 0.4) is 0 Å². The molecule has 0 amide bonds. The number of rotatable bonds is 5. The molecule has 1 aromatic carbocycles. The molecule has 0 unspecified atom stereocenters. The van der Waals surface area contributed by atoms with Crippen LogP contribution in [0.15, 0.2) is 24.4 Å². The molecule has 1 N–H and O–H groups in total. The monoisotopic (exact) mass is 297 g/mol. The highest BCUT2D eigenvalue weighted by atomic mass is 35.5. The molecule has 3 nitrogen and oxygen atoms in total. The number of nitrogens with one attached hydrogen (secondary N) is 1. The number of anilines is 1. The van der Waals surface area contributed by atoms with E-state index in [9.17, 15) is 0 Å². The Labute approximate surface area is 123 Å². The molecule has 0 aliphatic carbocycles. The Morgan fingerprint density at radius 2 is 2.05 bits per heavy atom. The van der Waals surface area contributed by atoms with Crippen LogP contribution in [0.4, 0.5) is 5.69 Å². The van der Waals surface area contributed by atoms with E-state index in [4.69, 9.17) is 23.2 Å². The van der Waals surface area contributed by atoms with E-state index in [1.165, 1.54) is 0 Å². The number of benzene rings is 1. The van der Waals surface area contributed by atoms with Crippen molar-refractivity contribution in [2.45, 2.75) is 33.4 Å². The van der Waals surface area contributed by atoms with Gasteiger partial charge in [0.1, 0.15) is 0 Å². The maximum Gasteiger partial charge on any atom is 0.0641 e. The molecule has 0 radical (unpaired) electrons. The molecule has 2 rings (SSSR count). The van der Waals surface area contributed by atoms with Crippen LogP contribution in [0.25, 0.3) is 0 Å². The fraction of sp³-hybridized carbons (Fsp3) is 0.357. The zero-order valence-corrected chi connectivity index (χ0v) is 12.6. The predicted molar refractivity (Wildman–Crippen MR) is 81.0 cm³/mol. The molecule has 0 atom stereocenters. The SMILES string of the molecule is CCCn1nccc1CNc1cc(Cl)c(C)cc1Cl. The lowest BCUT2D eigenvalue weighted by Gasteiger charge is -2.11. The van der Waals surface area contributed by atoms with Crippen LogP contribution in [0, 0.1) is 6.92 Å². The molecule has 2 aromatic rings. The minimum Gasteiger partial charge on any atom is -0.378 e. The zero-order valence-electron chi connectivity index (χ0n) is 11.1. The summed E-state index contributed by atoms with van der Waals surface area (Å²) >= 11 is 12.3. The zero-order chi connectivity index (χ0) is 13.8. The Kier molecular flexibility index (Phi) is 4.72. The third-order valence-corrected chi connectivity index (χ3v) is 3.67. The Hall–Kier alpha value is -1.19. The molecular formula is C14H17Cl2N3. The van der Waals surface area contributed by atoms with E-state index in [1.54, 1.807) is 0 Å². The van der Waals surface area contributed by atoms with Gasteiger partial charge in [0.15, 0.2) is 0 Å². The molecule has 1 heterocycles. The largest absolute Gasteiger partial charge is 0.378 e. The topological polar surface area (TPSA) is 29.9 Å². The summed E-state index contributed by atoms with van der Waals surface area (Å²) in [5, 5.41) is 9.00. The minimum atomic E-state index is 0.680. The van der Waals surface area contributed by atoms with Crippen LogP contribution in [0.2, 0.25) is 10.0 Å². The van der Waals surface area contributed by atoms with Crippen molar-refractivity contribution in [3.05, 3.63) is 45.7 Å². The normalized spacial score (nSPS) is 10.7. The van der Waals surface area contributed by atoms with Crippen molar-refractivity contribution in [1.82, 2.24) is 9.78 Å². The van der Waals surface area contributed by atoms with Gasteiger partial charge in [-0.3, -0.25) is 4.68 Å². The van der Waals surface area contributed by atoms with Gasteiger partial charge in [0.25, 0.3) is 0 Å². The third-order valence-electron chi connectivity index (χ3n) is 2.95. The highest BCUT2D eigenvalue weighted by Crippen LogP contribution is 2.29. The quantitative estimate of drug-likeness (QED) is 0.879. The predicted octanol–water partition coefficient (Wildman–Crippen LogP) is 4.52. The summed E-state index contributed by atoms with van der Waals surface area (Å²) in [7, 11) is 0. The lowest BCUT2D eigenvalue weighted by molar-refractivity contribution is 0.578. The third kappa shape index (κ3) is 3.43. The van der Waals surface area contributed by atoms with Crippen LogP contribution < -0.4 is 5.32 Å². The van der Waals surface area contributed by atoms with Gasteiger partial charge in [-0.25, -0.2) is 0 Å².